The minimum atomic E-state index is -0.170. The number of carbonyl (C=O) groups excluding carboxylic acids is 1. The van der Waals surface area contributed by atoms with Crippen LogP contribution in [0.5, 0.6) is 0 Å². The van der Waals surface area contributed by atoms with Crippen molar-refractivity contribution in [3.63, 3.8) is 0 Å². The fourth-order valence-electron chi connectivity index (χ4n) is 1.74. The van der Waals surface area contributed by atoms with Gasteiger partial charge in [-0.1, -0.05) is 6.07 Å². The highest BCUT2D eigenvalue weighted by Gasteiger charge is 2.07. The van der Waals surface area contributed by atoms with Gasteiger partial charge in [0.2, 0.25) is 0 Å². The van der Waals surface area contributed by atoms with Gasteiger partial charge in [0, 0.05) is 38.7 Å². The molecule has 0 spiro atoms. The van der Waals surface area contributed by atoms with Crippen LogP contribution in [0.3, 0.4) is 0 Å². The van der Waals surface area contributed by atoms with Crippen LogP contribution in [0.2, 0.25) is 0 Å². The Balaban J connectivity index is 2.12. The summed E-state index contributed by atoms with van der Waals surface area (Å²) in [4.78, 5) is 18.2. The van der Waals surface area contributed by atoms with Gasteiger partial charge in [-0.25, -0.2) is 4.98 Å². The molecule has 0 saturated heterocycles. The smallest absolute Gasteiger partial charge is 0.257 e. The van der Waals surface area contributed by atoms with E-state index in [0.29, 0.717) is 5.56 Å². The van der Waals surface area contributed by atoms with Crippen LogP contribution in [-0.4, -0.2) is 32.0 Å². The summed E-state index contributed by atoms with van der Waals surface area (Å²) in [6.07, 6.45) is 1.55. The number of nitrogens with zero attached hydrogens (tertiary/aromatic N) is 2. The fraction of sp³-hybridized carbons (Fsp3) is 0.200. The Morgan fingerprint density at radius 3 is 2.60 bits per heavy atom. The number of anilines is 3. The summed E-state index contributed by atoms with van der Waals surface area (Å²) >= 11 is 0. The van der Waals surface area contributed by atoms with Gasteiger partial charge in [0.15, 0.2) is 0 Å². The van der Waals surface area contributed by atoms with Crippen molar-refractivity contribution >= 4 is 23.1 Å². The molecule has 5 nitrogen and oxygen atoms in total. The Bertz CT molecular complexity index is 593. The van der Waals surface area contributed by atoms with E-state index in [1.165, 1.54) is 0 Å². The first-order valence-electron chi connectivity index (χ1n) is 6.32. The van der Waals surface area contributed by atoms with Crippen LogP contribution >= 0.6 is 0 Å². The average Bonchev–Trinajstić information content (AvgIpc) is 2.47. The zero-order chi connectivity index (χ0) is 14.5. The van der Waals surface area contributed by atoms with E-state index in [9.17, 15) is 4.79 Å². The number of aromatic nitrogens is 1. The van der Waals surface area contributed by atoms with Gasteiger partial charge in [0.25, 0.3) is 5.91 Å². The molecular formula is C15H18N4O. The summed E-state index contributed by atoms with van der Waals surface area (Å²) in [5.74, 6) is 0.562. The van der Waals surface area contributed by atoms with E-state index in [2.05, 4.69) is 15.6 Å². The number of pyridine rings is 1. The summed E-state index contributed by atoms with van der Waals surface area (Å²) in [6, 6.07) is 11.2. The Hall–Kier alpha value is -2.56. The molecule has 2 N–H and O–H groups in total. The summed E-state index contributed by atoms with van der Waals surface area (Å²) < 4.78 is 0. The zero-order valence-corrected chi connectivity index (χ0v) is 11.8. The van der Waals surface area contributed by atoms with E-state index >= 15 is 0 Å². The molecular weight excluding hydrogens is 252 g/mol. The second-order valence-electron chi connectivity index (χ2n) is 4.58. The topological polar surface area (TPSA) is 57.3 Å². The molecule has 1 aromatic heterocycles. The minimum absolute atomic E-state index is 0.170. The maximum absolute atomic E-state index is 12.1. The number of carbonyl (C=O) groups is 1. The summed E-state index contributed by atoms with van der Waals surface area (Å²) in [7, 11) is 5.71. The number of benzene rings is 1. The molecule has 0 bridgehead atoms. The number of amides is 1. The van der Waals surface area contributed by atoms with Gasteiger partial charge < -0.3 is 15.5 Å². The zero-order valence-electron chi connectivity index (χ0n) is 11.8. The minimum Gasteiger partial charge on any atom is -0.378 e. The Kier molecular flexibility index (Phi) is 4.20. The van der Waals surface area contributed by atoms with Gasteiger partial charge in [-0.3, -0.25) is 4.79 Å². The van der Waals surface area contributed by atoms with Crippen molar-refractivity contribution in [2.75, 3.05) is 36.7 Å². The third-order valence-electron chi connectivity index (χ3n) is 2.90. The third kappa shape index (κ3) is 3.26. The van der Waals surface area contributed by atoms with Gasteiger partial charge in [-0.05, 0) is 30.3 Å². The van der Waals surface area contributed by atoms with E-state index in [1.54, 1.807) is 25.4 Å². The van der Waals surface area contributed by atoms with Gasteiger partial charge >= 0.3 is 0 Å². The molecule has 2 rings (SSSR count). The largest absolute Gasteiger partial charge is 0.378 e. The van der Waals surface area contributed by atoms with Crippen molar-refractivity contribution in [1.82, 2.24) is 4.98 Å². The quantitative estimate of drug-likeness (QED) is 0.896. The Morgan fingerprint density at radius 2 is 2.00 bits per heavy atom. The lowest BCUT2D eigenvalue weighted by atomic mass is 10.2. The van der Waals surface area contributed by atoms with E-state index in [0.717, 1.165) is 17.2 Å². The molecule has 1 amide bonds. The standard InChI is InChI=1S/C15H18N4O/c1-16-14-8-7-11(10-17-14)15(20)18-12-5-4-6-13(9-12)19(2)3/h4-10H,1-3H3,(H,16,17)(H,18,20). The molecule has 0 radical (unpaired) electrons. The normalized spacial score (nSPS) is 9.95. The van der Waals surface area contributed by atoms with Crippen molar-refractivity contribution in [2.45, 2.75) is 0 Å². The van der Waals surface area contributed by atoms with Crippen molar-refractivity contribution in [3.05, 3.63) is 48.2 Å². The van der Waals surface area contributed by atoms with E-state index in [-0.39, 0.29) is 5.91 Å². The van der Waals surface area contributed by atoms with Crippen LogP contribution in [-0.2, 0) is 0 Å². The fourth-order valence-corrected chi connectivity index (χ4v) is 1.74. The molecule has 104 valence electrons. The summed E-state index contributed by atoms with van der Waals surface area (Å²) in [5, 5.41) is 5.78. The van der Waals surface area contributed by atoms with E-state index in [1.807, 2.05) is 43.3 Å². The third-order valence-corrected chi connectivity index (χ3v) is 2.90. The van der Waals surface area contributed by atoms with Crippen molar-refractivity contribution < 1.29 is 4.79 Å². The highest BCUT2D eigenvalue weighted by atomic mass is 16.1. The predicted molar refractivity (Wildman–Crippen MR) is 82.5 cm³/mol. The first-order valence-corrected chi connectivity index (χ1v) is 6.32. The molecule has 5 heteroatoms. The summed E-state index contributed by atoms with van der Waals surface area (Å²) in [6.45, 7) is 0. The van der Waals surface area contributed by atoms with Crippen LogP contribution in [0.25, 0.3) is 0 Å². The van der Waals surface area contributed by atoms with Crippen LogP contribution in [0.1, 0.15) is 10.4 Å². The predicted octanol–water partition coefficient (Wildman–Crippen LogP) is 2.44. The molecule has 0 saturated carbocycles. The highest BCUT2D eigenvalue weighted by molar-refractivity contribution is 6.04. The lowest BCUT2D eigenvalue weighted by molar-refractivity contribution is 0.102. The summed E-state index contributed by atoms with van der Waals surface area (Å²) in [5.41, 5.74) is 2.32. The van der Waals surface area contributed by atoms with E-state index < -0.39 is 0 Å². The molecule has 1 heterocycles. The molecule has 2 aromatic rings. The van der Waals surface area contributed by atoms with Crippen LogP contribution in [0.15, 0.2) is 42.6 Å². The van der Waals surface area contributed by atoms with Crippen LogP contribution in [0, 0.1) is 0 Å². The molecule has 0 atom stereocenters. The highest BCUT2D eigenvalue weighted by Crippen LogP contribution is 2.18. The number of hydrogen-bond donors (Lipinski definition) is 2. The van der Waals surface area contributed by atoms with Gasteiger partial charge in [-0.15, -0.1) is 0 Å². The monoisotopic (exact) mass is 270 g/mol. The lowest BCUT2D eigenvalue weighted by Crippen LogP contribution is -2.13. The average molecular weight is 270 g/mol. The molecule has 20 heavy (non-hydrogen) atoms. The number of nitrogens with one attached hydrogen (secondary N) is 2. The van der Waals surface area contributed by atoms with Crippen LogP contribution < -0.4 is 15.5 Å². The van der Waals surface area contributed by atoms with E-state index in [4.69, 9.17) is 0 Å². The molecule has 0 aliphatic carbocycles. The first-order chi connectivity index (χ1) is 9.60. The lowest BCUT2D eigenvalue weighted by Gasteiger charge is -2.14. The molecule has 0 aliphatic rings. The van der Waals surface area contributed by atoms with Crippen molar-refractivity contribution in [3.8, 4) is 0 Å². The second kappa shape index (κ2) is 6.06. The van der Waals surface area contributed by atoms with Crippen molar-refractivity contribution in [1.29, 1.82) is 0 Å². The van der Waals surface area contributed by atoms with Gasteiger partial charge in [0.05, 0.1) is 5.56 Å². The SMILES string of the molecule is CNc1ccc(C(=O)Nc2cccc(N(C)C)c2)cn1. The number of hydrogen-bond acceptors (Lipinski definition) is 4. The Morgan fingerprint density at radius 1 is 1.20 bits per heavy atom. The maximum Gasteiger partial charge on any atom is 0.257 e. The molecule has 0 aliphatic heterocycles. The van der Waals surface area contributed by atoms with Gasteiger partial charge in [0.1, 0.15) is 5.82 Å². The molecule has 0 unspecified atom stereocenters. The first kappa shape index (κ1) is 13.9. The molecule has 0 fully saturated rings. The van der Waals surface area contributed by atoms with Crippen molar-refractivity contribution in [2.24, 2.45) is 0 Å². The second-order valence-corrected chi connectivity index (χ2v) is 4.58. The molecule has 1 aromatic carbocycles. The Labute approximate surface area is 118 Å². The van der Waals surface area contributed by atoms with Gasteiger partial charge in [-0.2, -0.15) is 0 Å². The van der Waals surface area contributed by atoms with Crippen LogP contribution in [0.4, 0.5) is 17.2 Å². The number of rotatable bonds is 4. The maximum atomic E-state index is 12.1.